The Balaban J connectivity index is 1.21. The average Bonchev–Trinajstić information content (AvgIpc) is 3.59. The summed E-state index contributed by atoms with van der Waals surface area (Å²) in [7, 11) is 0. The van der Waals surface area contributed by atoms with E-state index < -0.39 is 0 Å². The summed E-state index contributed by atoms with van der Waals surface area (Å²) in [5.74, 6) is 0. The van der Waals surface area contributed by atoms with E-state index in [9.17, 15) is 0 Å². The van der Waals surface area contributed by atoms with Gasteiger partial charge in [0.25, 0.3) is 0 Å². The van der Waals surface area contributed by atoms with Crippen LogP contribution in [0.4, 0.5) is 0 Å². The van der Waals surface area contributed by atoms with Crippen molar-refractivity contribution in [1.82, 2.24) is 0 Å². The zero-order chi connectivity index (χ0) is 34.6. The van der Waals surface area contributed by atoms with Crippen molar-refractivity contribution in [1.29, 1.82) is 0 Å². The Hall–Kier alpha value is -6.44. The van der Waals surface area contributed by atoms with Gasteiger partial charge in [-0.3, -0.25) is 0 Å². The molecule has 1 heterocycles. The fourth-order valence-electron chi connectivity index (χ4n) is 8.39. The van der Waals surface area contributed by atoms with Gasteiger partial charge < -0.3 is 4.42 Å². The Bertz CT molecular complexity index is 2950. The van der Waals surface area contributed by atoms with Crippen molar-refractivity contribution in [2.75, 3.05) is 0 Å². The summed E-state index contributed by atoms with van der Waals surface area (Å²) in [5, 5.41) is 9.88. The van der Waals surface area contributed by atoms with Gasteiger partial charge >= 0.3 is 0 Å². The number of furan rings is 1. The molecule has 0 aliphatic heterocycles. The molecule has 1 nitrogen and oxygen atoms in total. The summed E-state index contributed by atoms with van der Waals surface area (Å²) in [5.41, 5.74) is 12.9. The van der Waals surface area contributed by atoms with Crippen LogP contribution in [0.2, 0.25) is 0 Å². The maximum atomic E-state index is 6.74. The first-order valence-corrected chi connectivity index (χ1v) is 18.3. The summed E-state index contributed by atoms with van der Waals surface area (Å²) < 4.78 is 6.74. The van der Waals surface area contributed by atoms with Crippen LogP contribution in [0, 0.1) is 0 Å². The average molecular weight is 665 g/mol. The highest BCUT2D eigenvalue weighted by atomic mass is 16.3. The van der Waals surface area contributed by atoms with Crippen LogP contribution in [-0.4, -0.2) is 0 Å². The van der Waals surface area contributed by atoms with Crippen LogP contribution in [0.3, 0.4) is 0 Å². The highest BCUT2D eigenvalue weighted by Crippen LogP contribution is 2.46. The van der Waals surface area contributed by atoms with E-state index in [1.54, 1.807) is 0 Å². The van der Waals surface area contributed by atoms with Gasteiger partial charge in [-0.05, 0) is 114 Å². The van der Waals surface area contributed by atoms with Gasteiger partial charge in [-0.1, -0.05) is 159 Å². The Kier molecular flexibility index (Phi) is 7.25. The molecule has 0 saturated heterocycles. The Morgan fingerprint density at radius 1 is 0.404 bits per heavy atom. The molecule has 246 valence electrons. The lowest BCUT2D eigenvalue weighted by Gasteiger charge is -2.19. The third-order valence-corrected chi connectivity index (χ3v) is 10.7. The fourth-order valence-corrected chi connectivity index (χ4v) is 8.39. The topological polar surface area (TPSA) is 13.1 Å². The van der Waals surface area contributed by atoms with E-state index >= 15 is 0 Å². The summed E-state index contributed by atoms with van der Waals surface area (Å²) in [6, 6.07) is 64.3. The molecule has 52 heavy (non-hydrogen) atoms. The molecule has 0 aliphatic carbocycles. The van der Waals surface area contributed by atoms with E-state index in [0.29, 0.717) is 0 Å². The molecule has 0 spiro atoms. The molecule has 1 aromatic heterocycles. The lowest BCUT2D eigenvalue weighted by molar-refractivity contribution is 0.670. The van der Waals surface area contributed by atoms with Gasteiger partial charge in [0.2, 0.25) is 0 Å². The minimum Gasteiger partial charge on any atom is -0.455 e. The van der Waals surface area contributed by atoms with E-state index in [4.69, 9.17) is 4.42 Å². The first-order valence-electron chi connectivity index (χ1n) is 18.3. The minimum atomic E-state index is 0.938. The smallest absolute Gasteiger partial charge is 0.143 e. The zero-order valence-corrected chi connectivity index (χ0v) is 29.1. The quantitative estimate of drug-likeness (QED) is 0.161. The van der Waals surface area contributed by atoms with Crippen molar-refractivity contribution in [2.24, 2.45) is 0 Å². The van der Waals surface area contributed by atoms with Crippen LogP contribution in [-0.2, 0) is 6.42 Å². The monoisotopic (exact) mass is 664 g/mol. The van der Waals surface area contributed by atoms with Crippen LogP contribution in [0.5, 0.6) is 0 Å². The molecule has 10 aromatic rings. The first kappa shape index (κ1) is 30.4. The molecule has 0 N–H and O–H groups in total. The van der Waals surface area contributed by atoms with Gasteiger partial charge in [0.15, 0.2) is 0 Å². The standard InChI is InChI=1S/C51H36O/c1-2-14-33-25-28-47-46(29-33)50-40-22-10-9-19-39(40)32-44(51(50)52-47)38-21-13-20-36(30-38)37-26-27-43-45(31-37)49(35-17-7-4-8-18-35)42-24-12-11-23-41(42)48(43)34-15-5-3-6-16-34/h3-13,15-32H,2,14H2,1H3. The van der Waals surface area contributed by atoms with Gasteiger partial charge in [-0.15, -0.1) is 0 Å². The van der Waals surface area contributed by atoms with Crippen molar-refractivity contribution in [3.05, 3.63) is 181 Å². The summed E-state index contributed by atoms with van der Waals surface area (Å²) in [4.78, 5) is 0. The lowest BCUT2D eigenvalue weighted by atomic mass is 9.84. The third-order valence-electron chi connectivity index (χ3n) is 10.7. The van der Waals surface area contributed by atoms with Crippen LogP contribution in [0.1, 0.15) is 18.9 Å². The van der Waals surface area contributed by atoms with Crippen molar-refractivity contribution < 1.29 is 4.42 Å². The minimum absolute atomic E-state index is 0.938. The largest absolute Gasteiger partial charge is 0.455 e. The Morgan fingerprint density at radius 3 is 1.73 bits per heavy atom. The van der Waals surface area contributed by atoms with E-state index in [1.807, 2.05) is 0 Å². The molecule has 0 atom stereocenters. The lowest BCUT2D eigenvalue weighted by Crippen LogP contribution is -1.91. The van der Waals surface area contributed by atoms with Gasteiger partial charge in [0.1, 0.15) is 11.2 Å². The summed E-state index contributed by atoms with van der Waals surface area (Å²) in [6.07, 6.45) is 2.17. The molecule has 0 aliphatic rings. The number of benzene rings is 9. The van der Waals surface area contributed by atoms with Crippen LogP contribution >= 0.6 is 0 Å². The molecule has 10 rings (SSSR count). The van der Waals surface area contributed by atoms with Crippen LogP contribution in [0.25, 0.3) is 98.8 Å². The van der Waals surface area contributed by atoms with Crippen molar-refractivity contribution in [3.63, 3.8) is 0 Å². The van der Waals surface area contributed by atoms with Crippen molar-refractivity contribution in [3.8, 4) is 44.5 Å². The number of rotatable bonds is 6. The number of fused-ring (bicyclic) bond motifs is 7. The molecule has 0 fully saturated rings. The molecule has 0 radical (unpaired) electrons. The summed E-state index contributed by atoms with van der Waals surface area (Å²) >= 11 is 0. The molecule has 9 aromatic carbocycles. The SMILES string of the molecule is CCCc1ccc2oc3c(-c4cccc(-c5ccc6c(-c7ccccc7)c7ccccc7c(-c7ccccc7)c6c5)c4)cc4ccccc4c3c2c1. The van der Waals surface area contributed by atoms with Gasteiger partial charge in [-0.25, -0.2) is 0 Å². The second-order valence-corrected chi connectivity index (χ2v) is 13.9. The normalized spacial score (nSPS) is 11.7. The second-order valence-electron chi connectivity index (χ2n) is 13.9. The molecule has 0 bridgehead atoms. The molecular weight excluding hydrogens is 629 g/mol. The fraction of sp³-hybridized carbons (Fsp3) is 0.0588. The van der Waals surface area contributed by atoms with Gasteiger partial charge in [0, 0.05) is 16.3 Å². The van der Waals surface area contributed by atoms with Crippen LogP contribution < -0.4 is 0 Å². The molecule has 0 unspecified atom stereocenters. The molecule has 0 saturated carbocycles. The van der Waals surface area contributed by atoms with Gasteiger partial charge in [-0.2, -0.15) is 0 Å². The predicted octanol–water partition coefficient (Wildman–Crippen LogP) is 14.7. The number of hydrogen-bond acceptors (Lipinski definition) is 1. The maximum absolute atomic E-state index is 6.74. The number of hydrogen-bond donors (Lipinski definition) is 0. The van der Waals surface area contributed by atoms with E-state index in [0.717, 1.165) is 35.1 Å². The van der Waals surface area contributed by atoms with Crippen LogP contribution in [0.15, 0.2) is 180 Å². The predicted molar refractivity (Wildman–Crippen MR) is 222 cm³/mol. The molecule has 1 heteroatoms. The number of aryl methyl sites for hydroxylation is 1. The maximum Gasteiger partial charge on any atom is 0.143 e. The Labute approximate surface area is 303 Å². The first-order chi connectivity index (χ1) is 25.7. The van der Waals surface area contributed by atoms with Crippen molar-refractivity contribution >= 4 is 54.3 Å². The van der Waals surface area contributed by atoms with Gasteiger partial charge in [0.05, 0.1) is 0 Å². The zero-order valence-electron chi connectivity index (χ0n) is 29.1. The second kappa shape index (κ2) is 12.4. The third kappa shape index (κ3) is 4.93. The molecular formula is C51H36O. The van der Waals surface area contributed by atoms with E-state index in [2.05, 4.69) is 183 Å². The summed E-state index contributed by atoms with van der Waals surface area (Å²) in [6.45, 7) is 2.24. The molecule has 0 amide bonds. The van der Waals surface area contributed by atoms with E-state index in [1.165, 1.54) is 82.0 Å². The highest BCUT2D eigenvalue weighted by Gasteiger charge is 2.19. The Morgan fingerprint density at radius 2 is 1.00 bits per heavy atom. The highest BCUT2D eigenvalue weighted by molar-refractivity contribution is 6.23. The van der Waals surface area contributed by atoms with E-state index in [-0.39, 0.29) is 0 Å². The van der Waals surface area contributed by atoms with Crippen molar-refractivity contribution in [2.45, 2.75) is 19.8 Å².